The van der Waals surface area contributed by atoms with Crippen LogP contribution in [0, 0.1) is 22.9 Å². The van der Waals surface area contributed by atoms with Crippen LogP contribution in [0.15, 0.2) is 34.8 Å². The molecule has 0 aliphatic heterocycles. The number of benzene rings is 2. The second-order valence-corrected chi connectivity index (χ2v) is 5.51. The molecule has 0 radical (unpaired) electrons. The molecule has 110 valence electrons. The van der Waals surface area contributed by atoms with Gasteiger partial charge in [-0.3, -0.25) is 10.1 Å². The lowest BCUT2D eigenvalue weighted by atomic mass is 10.2. The lowest BCUT2D eigenvalue weighted by Crippen LogP contribution is -1.98. The third-order valence-electron chi connectivity index (χ3n) is 2.78. The maximum atomic E-state index is 13.9. The zero-order chi connectivity index (χ0) is 15.6. The number of aryl methyl sites for hydroxylation is 1. The molecule has 0 saturated heterocycles. The van der Waals surface area contributed by atoms with Crippen LogP contribution >= 0.6 is 27.5 Å². The molecule has 0 aliphatic rings. The van der Waals surface area contributed by atoms with E-state index in [4.69, 9.17) is 16.3 Å². The minimum absolute atomic E-state index is 0.0146. The van der Waals surface area contributed by atoms with Gasteiger partial charge in [0.25, 0.3) is 0 Å². The van der Waals surface area contributed by atoms with Crippen LogP contribution in [-0.4, -0.2) is 4.92 Å². The highest BCUT2D eigenvalue weighted by molar-refractivity contribution is 9.10. The Balaban J connectivity index is 2.46. The summed E-state index contributed by atoms with van der Waals surface area (Å²) in [6.45, 7) is 1.65. The molecule has 2 rings (SSSR count). The van der Waals surface area contributed by atoms with Crippen molar-refractivity contribution in [2.45, 2.75) is 12.8 Å². The highest BCUT2D eigenvalue weighted by Gasteiger charge is 2.21. The Hall–Kier alpha value is -1.66. The molecule has 0 spiro atoms. The number of nitro groups is 1. The van der Waals surface area contributed by atoms with E-state index in [0.29, 0.717) is 15.6 Å². The summed E-state index contributed by atoms with van der Waals surface area (Å²) >= 11 is 8.80. The lowest BCUT2D eigenvalue weighted by molar-refractivity contribution is -0.385. The van der Waals surface area contributed by atoms with Crippen LogP contribution in [0.4, 0.5) is 10.1 Å². The van der Waals surface area contributed by atoms with E-state index in [-0.39, 0.29) is 23.1 Å². The van der Waals surface area contributed by atoms with E-state index >= 15 is 0 Å². The van der Waals surface area contributed by atoms with Crippen LogP contribution in [0.5, 0.6) is 11.5 Å². The Morgan fingerprint density at radius 3 is 2.67 bits per heavy atom. The molecule has 0 bridgehead atoms. The first-order chi connectivity index (χ1) is 9.92. The Kier molecular flexibility index (Phi) is 4.80. The number of alkyl halides is 1. The second-order valence-electron chi connectivity index (χ2n) is 4.33. The van der Waals surface area contributed by atoms with Crippen molar-refractivity contribution in [2.75, 3.05) is 0 Å². The van der Waals surface area contributed by atoms with Crippen molar-refractivity contribution in [1.82, 2.24) is 0 Å². The van der Waals surface area contributed by atoms with Crippen LogP contribution in [-0.2, 0) is 5.88 Å². The van der Waals surface area contributed by atoms with Crippen molar-refractivity contribution < 1.29 is 14.1 Å². The van der Waals surface area contributed by atoms with E-state index in [0.717, 1.165) is 0 Å². The Morgan fingerprint density at radius 2 is 2.10 bits per heavy atom. The maximum Gasteiger partial charge on any atom is 0.312 e. The molecule has 0 amide bonds. The molecule has 0 heterocycles. The van der Waals surface area contributed by atoms with Gasteiger partial charge in [-0.2, -0.15) is 0 Å². The van der Waals surface area contributed by atoms with Crippen LogP contribution in [0.3, 0.4) is 0 Å². The number of rotatable bonds is 4. The Bertz CT molecular complexity index is 709. The van der Waals surface area contributed by atoms with E-state index < -0.39 is 10.7 Å². The maximum absolute atomic E-state index is 13.9. The largest absolute Gasteiger partial charge is 0.447 e. The van der Waals surface area contributed by atoms with Crippen molar-refractivity contribution in [2.24, 2.45) is 0 Å². The fourth-order valence-corrected chi connectivity index (χ4v) is 2.53. The summed E-state index contributed by atoms with van der Waals surface area (Å²) in [5.41, 5.74) is 0.892. The van der Waals surface area contributed by atoms with Crippen molar-refractivity contribution in [1.29, 1.82) is 0 Å². The number of nitro benzene ring substituents is 1. The smallest absolute Gasteiger partial charge is 0.312 e. The molecule has 7 heteroatoms. The topological polar surface area (TPSA) is 52.4 Å². The molecule has 0 unspecified atom stereocenters. The summed E-state index contributed by atoms with van der Waals surface area (Å²) in [5, 5.41) is 11.1. The molecule has 2 aromatic carbocycles. The fraction of sp³-hybridized carbons (Fsp3) is 0.143. The molecule has 0 aromatic heterocycles. The van der Waals surface area contributed by atoms with Crippen molar-refractivity contribution in [3.05, 3.63) is 61.9 Å². The van der Waals surface area contributed by atoms with Gasteiger partial charge in [0.2, 0.25) is 5.75 Å². The van der Waals surface area contributed by atoms with Crippen LogP contribution < -0.4 is 4.74 Å². The first-order valence-corrected chi connectivity index (χ1v) is 7.22. The van der Waals surface area contributed by atoms with Gasteiger partial charge in [0.1, 0.15) is 0 Å². The van der Waals surface area contributed by atoms with Gasteiger partial charge in [-0.1, -0.05) is 22.0 Å². The highest BCUT2D eigenvalue weighted by Crippen LogP contribution is 2.38. The van der Waals surface area contributed by atoms with E-state index in [1.807, 2.05) is 0 Å². The number of halogens is 3. The number of nitrogens with zero attached hydrogens (tertiary/aromatic N) is 1. The van der Waals surface area contributed by atoms with Gasteiger partial charge in [0.05, 0.1) is 4.92 Å². The fourth-order valence-electron chi connectivity index (χ4n) is 1.80. The standard InChI is InChI=1S/C14H10BrClFNO3/c1-8-4-10(15)6-12(18(19)20)14(8)21-13-3-2-9(7-16)5-11(13)17/h2-6H,7H2,1H3. The SMILES string of the molecule is Cc1cc(Br)cc([N+](=O)[O-])c1Oc1ccc(CCl)cc1F. The van der Waals surface area contributed by atoms with E-state index in [1.54, 1.807) is 19.1 Å². The Labute approximate surface area is 133 Å². The molecule has 4 nitrogen and oxygen atoms in total. The number of hydrogen-bond acceptors (Lipinski definition) is 3. The number of hydrogen-bond donors (Lipinski definition) is 0. The van der Waals surface area contributed by atoms with Crippen LogP contribution in [0.25, 0.3) is 0 Å². The molecule has 0 N–H and O–H groups in total. The monoisotopic (exact) mass is 373 g/mol. The summed E-state index contributed by atoms with van der Waals surface area (Å²) in [7, 11) is 0. The summed E-state index contributed by atoms with van der Waals surface area (Å²) in [6, 6.07) is 7.22. The molecule has 0 aliphatic carbocycles. The van der Waals surface area contributed by atoms with E-state index in [1.165, 1.54) is 18.2 Å². The molecular formula is C14H10BrClFNO3. The first-order valence-electron chi connectivity index (χ1n) is 5.89. The van der Waals surface area contributed by atoms with Gasteiger partial charge in [-0.15, -0.1) is 11.6 Å². The summed E-state index contributed by atoms with van der Waals surface area (Å²) in [4.78, 5) is 10.5. The Morgan fingerprint density at radius 1 is 1.38 bits per heavy atom. The van der Waals surface area contributed by atoms with Gasteiger partial charge in [0, 0.05) is 16.4 Å². The van der Waals surface area contributed by atoms with Crippen molar-refractivity contribution >= 4 is 33.2 Å². The van der Waals surface area contributed by atoms with Crippen LogP contribution in [0.2, 0.25) is 0 Å². The predicted molar refractivity (Wildman–Crippen MR) is 81.6 cm³/mol. The zero-order valence-corrected chi connectivity index (χ0v) is 13.2. The van der Waals surface area contributed by atoms with Gasteiger partial charge < -0.3 is 4.74 Å². The van der Waals surface area contributed by atoms with Gasteiger partial charge >= 0.3 is 5.69 Å². The summed E-state index contributed by atoms with van der Waals surface area (Å²) < 4.78 is 19.9. The minimum atomic E-state index is -0.621. The average Bonchev–Trinajstić information content (AvgIpc) is 2.42. The summed E-state index contributed by atoms with van der Waals surface area (Å²) in [5.74, 6) is -0.517. The van der Waals surface area contributed by atoms with E-state index in [2.05, 4.69) is 15.9 Å². The predicted octanol–water partition coefficient (Wildman–Crippen LogP) is 5.34. The van der Waals surface area contributed by atoms with Gasteiger partial charge in [-0.25, -0.2) is 4.39 Å². The van der Waals surface area contributed by atoms with Crippen molar-refractivity contribution in [3.8, 4) is 11.5 Å². The molecule has 2 aromatic rings. The third-order valence-corrected chi connectivity index (χ3v) is 3.55. The average molecular weight is 375 g/mol. The summed E-state index contributed by atoms with van der Waals surface area (Å²) in [6.07, 6.45) is 0. The van der Waals surface area contributed by atoms with Crippen molar-refractivity contribution in [3.63, 3.8) is 0 Å². The van der Waals surface area contributed by atoms with Gasteiger partial charge in [0.15, 0.2) is 11.6 Å². The zero-order valence-electron chi connectivity index (χ0n) is 10.9. The normalized spacial score (nSPS) is 10.5. The molecule has 0 atom stereocenters. The molecule has 0 saturated carbocycles. The van der Waals surface area contributed by atoms with Crippen LogP contribution in [0.1, 0.15) is 11.1 Å². The molecular weight excluding hydrogens is 365 g/mol. The molecule has 21 heavy (non-hydrogen) atoms. The highest BCUT2D eigenvalue weighted by atomic mass is 79.9. The molecule has 0 fully saturated rings. The third kappa shape index (κ3) is 3.51. The number of ether oxygens (including phenoxy) is 1. The van der Waals surface area contributed by atoms with Gasteiger partial charge in [-0.05, 0) is 36.2 Å². The minimum Gasteiger partial charge on any atom is -0.447 e. The lowest BCUT2D eigenvalue weighted by Gasteiger charge is -2.11. The van der Waals surface area contributed by atoms with E-state index in [9.17, 15) is 14.5 Å². The quantitative estimate of drug-likeness (QED) is 0.412. The first kappa shape index (κ1) is 15.7. The second kappa shape index (κ2) is 6.41.